The summed E-state index contributed by atoms with van der Waals surface area (Å²) in [5.74, 6) is -2.00. The van der Waals surface area contributed by atoms with Crippen molar-refractivity contribution in [3.05, 3.63) is 39.4 Å². The van der Waals surface area contributed by atoms with E-state index >= 15 is 0 Å². The summed E-state index contributed by atoms with van der Waals surface area (Å²) < 4.78 is 27.1. The van der Waals surface area contributed by atoms with E-state index < -0.39 is 38.8 Å². The van der Waals surface area contributed by atoms with Crippen molar-refractivity contribution in [3.63, 3.8) is 0 Å². The number of hydrogen-bond acceptors (Lipinski definition) is 4. The lowest BCUT2D eigenvalue weighted by molar-refractivity contribution is -0.387. The van der Waals surface area contributed by atoms with E-state index in [1.54, 1.807) is 0 Å². The number of nitro groups is 1. The summed E-state index contributed by atoms with van der Waals surface area (Å²) >= 11 is 1.39. The second-order valence-corrected chi connectivity index (χ2v) is 5.57. The van der Waals surface area contributed by atoms with E-state index in [0.717, 1.165) is 24.7 Å². The van der Waals surface area contributed by atoms with Crippen molar-refractivity contribution in [1.29, 1.82) is 0 Å². The molecule has 102 valence electrons. The van der Waals surface area contributed by atoms with Gasteiger partial charge in [0.25, 0.3) is 0 Å². The maximum absolute atomic E-state index is 13.9. The van der Waals surface area contributed by atoms with Crippen LogP contribution in [0.15, 0.2) is 12.1 Å². The number of nitro benzene ring substituents is 1. The van der Waals surface area contributed by atoms with Crippen LogP contribution in [0.3, 0.4) is 0 Å². The molecule has 1 aromatic rings. The minimum atomic E-state index is -1.25. The second kappa shape index (κ2) is 5.64. The van der Waals surface area contributed by atoms with Crippen LogP contribution in [-0.2, 0) is 0 Å². The van der Waals surface area contributed by atoms with Gasteiger partial charge < -0.3 is 0 Å². The molecule has 0 aromatic heterocycles. The molecule has 1 aliphatic heterocycles. The summed E-state index contributed by atoms with van der Waals surface area (Å²) in [7, 11) is 0. The summed E-state index contributed by atoms with van der Waals surface area (Å²) in [6, 6.07) is 1.22. The van der Waals surface area contributed by atoms with E-state index in [4.69, 9.17) is 0 Å². The summed E-state index contributed by atoms with van der Waals surface area (Å²) in [5.41, 5.74) is -1.52. The number of Topliss-reactive ketones (excluding diaryl/α,β-unsaturated/α-hetero) is 1. The van der Waals surface area contributed by atoms with Crippen molar-refractivity contribution in [2.24, 2.45) is 0 Å². The van der Waals surface area contributed by atoms with Gasteiger partial charge in [0.1, 0.15) is 5.82 Å². The molecule has 1 heterocycles. The quantitative estimate of drug-likeness (QED) is 0.486. The fourth-order valence-corrected chi connectivity index (χ4v) is 3.27. The Balaban J connectivity index is 2.38. The first-order chi connectivity index (χ1) is 9.00. The van der Waals surface area contributed by atoms with Crippen LogP contribution in [0.1, 0.15) is 29.6 Å². The van der Waals surface area contributed by atoms with Crippen LogP contribution in [0.25, 0.3) is 0 Å². The molecular weight excluding hydrogens is 276 g/mol. The summed E-state index contributed by atoms with van der Waals surface area (Å²) in [5, 5.41) is 10.2. The maximum Gasteiger partial charge on any atom is 0.308 e. The number of carbonyl (C=O) groups is 1. The smallest absolute Gasteiger partial charge is 0.293 e. The lowest BCUT2D eigenvalue weighted by Crippen LogP contribution is -2.22. The van der Waals surface area contributed by atoms with E-state index in [0.29, 0.717) is 12.5 Å². The summed E-state index contributed by atoms with van der Waals surface area (Å²) in [6.07, 6.45) is 2.43. The van der Waals surface area contributed by atoms with Gasteiger partial charge in [-0.05, 0) is 24.7 Å². The normalized spacial score (nSPS) is 19.2. The Hall–Kier alpha value is -1.50. The van der Waals surface area contributed by atoms with Gasteiger partial charge in [0.2, 0.25) is 5.82 Å². The number of thioether (sulfide) groups is 1. The Morgan fingerprint density at radius 2 is 2.11 bits per heavy atom. The number of halogens is 2. The third-order valence-corrected chi connectivity index (χ3v) is 4.33. The van der Waals surface area contributed by atoms with Gasteiger partial charge in [0.15, 0.2) is 5.78 Å². The zero-order valence-electron chi connectivity index (χ0n) is 9.90. The van der Waals surface area contributed by atoms with E-state index in [-0.39, 0.29) is 0 Å². The van der Waals surface area contributed by atoms with Gasteiger partial charge in [-0.3, -0.25) is 14.9 Å². The highest BCUT2D eigenvalue weighted by atomic mass is 32.2. The van der Waals surface area contributed by atoms with Crippen molar-refractivity contribution in [2.45, 2.75) is 24.5 Å². The third kappa shape index (κ3) is 2.91. The molecule has 1 atom stereocenters. The Bertz CT molecular complexity index is 530. The Labute approximate surface area is 112 Å². The van der Waals surface area contributed by atoms with Crippen LogP contribution >= 0.6 is 11.8 Å². The highest BCUT2D eigenvalue weighted by Crippen LogP contribution is 2.31. The molecule has 0 amide bonds. The molecule has 1 saturated heterocycles. The predicted molar refractivity (Wildman–Crippen MR) is 67.4 cm³/mol. The fraction of sp³-hybridized carbons (Fsp3) is 0.417. The van der Waals surface area contributed by atoms with Crippen LogP contribution in [-0.4, -0.2) is 21.7 Å². The van der Waals surface area contributed by atoms with Gasteiger partial charge in [-0.25, -0.2) is 4.39 Å². The van der Waals surface area contributed by atoms with Crippen LogP contribution in [0.2, 0.25) is 0 Å². The van der Waals surface area contributed by atoms with Crippen LogP contribution in [0, 0.1) is 21.7 Å². The first kappa shape index (κ1) is 13.9. The minimum Gasteiger partial charge on any atom is -0.293 e. The lowest BCUT2D eigenvalue weighted by Gasteiger charge is -2.20. The molecule has 7 heteroatoms. The average Bonchev–Trinajstić information content (AvgIpc) is 2.41. The monoisotopic (exact) mass is 287 g/mol. The largest absolute Gasteiger partial charge is 0.308 e. The lowest BCUT2D eigenvalue weighted by atomic mass is 10.0. The molecule has 0 bridgehead atoms. The molecule has 1 aliphatic rings. The Kier molecular flexibility index (Phi) is 4.14. The number of nitrogens with zero attached hydrogens (tertiary/aromatic N) is 1. The van der Waals surface area contributed by atoms with Crippen molar-refractivity contribution in [2.75, 3.05) is 5.75 Å². The standard InChI is InChI=1S/C12H11F2NO3S/c13-7-5-8(11(14)9(6-7)15(17)18)12(16)10-3-1-2-4-19-10/h5-6,10H,1-4H2. The summed E-state index contributed by atoms with van der Waals surface area (Å²) in [4.78, 5) is 21.7. The number of carbonyl (C=O) groups excluding carboxylic acids is 1. The molecule has 2 rings (SSSR count). The first-order valence-corrected chi connectivity index (χ1v) is 6.85. The minimum absolute atomic E-state index is 0.440. The molecule has 0 saturated carbocycles. The van der Waals surface area contributed by atoms with Gasteiger partial charge in [0, 0.05) is 0 Å². The van der Waals surface area contributed by atoms with Crippen LogP contribution in [0.4, 0.5) is 14.5 Å². The van der Waals surface area contributed by atoms with Crippen LogP contribution in [0.5, 0.6) is 0 Å². The van der Waals surface area contributed by atoms with E-state index in [9.17, 15) is 23.7 Å². The molecule has 1 unspecified atom stereocenters. The highest BCUT2D eigenvalue weighted by Gasteiger charge is 2.29. The zero-order valence-corrected chi connectivity index (χ0v) is 10.7. The molecular formula is C12H11F2NO3S. The molecule has 19 heavy (non-hydrogen) atoms. The molecule has 0 spiro atoms. The second-order valence-electron chi connectivity index (χ2n) is 4.26. The molecule has 1 fully saturated rings. The first-order valence-electron chi connectivity index (χ1n) is 5.80. The van der Waals surface area contributed by atoms with Crippen molar-refractivity contribution < 1.29 is 18.5 Å². The fourth-order valence-electron chi connectivity index (χ4n) is 2.01. The van der Waals surface area contributed by atoms with Gasteiger partial charge in [0.05, 0.1) is 21.8 Å². The van der Waals surface area contributed by atoms with Gasteiger partial charge >= 0.3 is 5.69 Å². The van der Waals surface area contributed by atoms with Crippen molar-refractivity contribution >= 4 is 23.2 Å². The third-order valence-electron chi connectivity index (χ3n) is 2.95. The topological polar surface area (TPSA) is 60.2 Å². The zero-order chi connectivity index (χ0) is 14.0. The SMILES string of the molecule is O=C(c1cc(F)cc([N+](=O)[O-])c1F)C1CCCCS1. The number of benzene rings is 1. The molecule has 1 aromatic carbocycles. The van der Waals surface area contributed by atoms with E-state index in [1.807, 2.05) is 0 Å². The predicted octanol–water partition coefficient (Wildman–Crippen LogP) is 3.34. The summed E-state index contributed by atoms with van der Waals surface area (Å²) in [6.45, 7) is 0. The molecule has 0 radical (unpaired) electrons. The van der Waals surface area contributed by atoms with E-state index in [1.165, 1.54) is 11.8 Å². The number of hydrogen-bond donors (Lipinski definition) is 0. The Morgan fingerprint density at radius 1 is 1.37 bits per heavy atom. The van der Waals surface area contributed by atoms with Crippen molar-refractivity contribution in [3.8, 4) is 0 Å². The molecule has 0 N–H and O–H groups in total. The maximum atomic E-state index is 13.9. The molecule has 0 aliphatic carbocycles. The Morgan fingerprint density at radius 3 is 2.68 bits per heavy atom. The number of rotatable bonds is 3. The molecule has 4 nitrogen and oxygen atoms in total. The van der Waals surface area contributed by atoms with Crippen LogP contribution < -0.4 is 0 Å². The van der Waals surface area contributed by atoms with Gasteiger partial charge in [-0.15, -0.1) is 0 Å². The van der Waals surface area contributed by atoms with Gasteiger partial charge in [-0.2, -0.15) is 16.2 Å². The average molecular weight is 287 g/mol. The van der Waals surface area contributed by atoms with Gasteiger partial charge in [-0.1, -0.05) is 6.42 Å². The highest BCUT2D eigenvalue weighted by molar-refractivity contribution is 8.00. The van der Waals surface area contributed by atoms with Crippen molar-refractivity contribution in [1.82, 2.24) is 0 Å². The number of ketones is 1. The van der Waals surface area contributed by atoms with E-state index in [2.05, 4.69) is 0 Å².